The van der Waals surface area contributed by atoms with Gasteiger partial charge in [-0.15, -0.1) is 0 Å². The standard InChI is InChI=1S/C21H25ClFN5O4/c1-2-3-6-11-27-17-16(24-19(22)25-17)18(29)28(20(27)30)12-7-10-26(21(31)32)13-14-8-4-5-9-15(14)23/h4-5,8-9H,2-3,6-7,10-13H2,1H3,(H,24,25)(H,31,32). The number of H-pyrrole nitrogens is 1. The number of halogens is 2. The molecule has 0 atom stereocenters. The summed E-state index contributed by atoms with van der Waals surface area (Å²) in [5.41, 5.74) is -0.486. The molecule has 0 spiro atoms. The van der Waals surface area contributed by atoms with Crippen molar-refractivity contribution < 1.29 is 14.3 Å². The number of hydrogen-bond donors (Lipinski definition) is 2. The minimum Gasteiger partial charge on any atom is -0.465 e. The first-order valence-electron chi connectivity index (χ1n) is 10.4. The van der Waals surface area contributed by atoms with Crippen LogP contribution in [0.5, 0.6) is 0 Å². The van der Waals surface area contributed by atoms with Crippen LogP contribution >= 0.6 is 11.6 Å². The molecular weight excluding hydrogens is 441 g/mol. The lowest BCUT2D eigenvalue weighted by atomic mass is 10.2. The molecule has 3 rings (SSSR count). The van der Waals surface area contributed by atoms with Crippen molar-refractivity contribution in [2.24, 2.45) is 0 Å². The van der Waals surface area contributed by atoms with Crippen molar-refractivity contribution in [3.05, 3.63) is 61.8 Å². The Balaban J connectivity index is 1.81. The SMILES string of the molecule is CCCCCn1c(=O)n(CCCN(Cc2ccccc2F)C(=O)O)c(=O)c2[nH]c(Cl)nc21. The van der Waals surface area contributed by atoms with E-state index in [1.807, 2.05) is 6.92 Å². The second-order valence-electron chi connectivity index (χ2n) is 7.47. The number of amides is 1. The van der Waals surface area contributed by atoms with Gasteiger partial charge in [0, 0.05) is 25.2 Å². The Hall–Kier alpha value is -3.14. The number of fused-ring (bicyclic) bond motifs is 1. The highest BCUT2D eigenvalue weighted by molar-refractivity contribution is 6.28. The molecule has 0 aliphatic rings. The Morgan fingerprint density at radius 2 is 1.91 bits per heavy atom. The first-order valence-corrected chi connectivity index (χ1v) is 10.8. The largest absolute Gasteiger partial charge is 0.465 e. The van der Waals surface area contributed by atoms with Crippen molar-refractivity contribution in [2.75, 3.05) is 6.54 Å². The fourth-order valence-corrected chi connectivity index (χ4v) is 3.73. The van der Waals surface area contributed by atoms with Gasteiger partial charge in [-0.1, -0.05) is 38.0 Å². The summed E-state index contributed by atoms with van der Waals surface area (Å²) < 4.78 is 16.4. The number of carboxylic acid groups (broad SMARTS) is 1. The van der Waals surface area contributed by atoms with E-state index < -0.39 is 23.2 Å². The van der Waals surface area contributed by atoms with Gasteiger partial charge in [-0.05, 0) is 30.5 Å². The van der Waals surface area contributed by atoms with Crippen molar-refractivity contribution in [2.45, 2.75) is 52.2 Å². The zero-order valence-electron chi connectivity index (χ0n) is 17.7. The van der Waals surface area contributed by atoms with E-state index in [-0.39, 0.29) is 48.1 Å². The fourth-order valence-electron chi connectivity index (χ4n) is 3.55. The van der Waals surface area contributed by atoms with Gasteiger partial charge >= 0.3 is 11.8 Å². The van der Waals surface area contributed by atoms with Crippen LogP contribution in [0, 0.1) is 5.82 Å². The van der Waals surface area contributed by atoms with E-state index in [0.29, 0.717) is 6.54 Å². The Morgan fingerprint density at radius 1 is 1.19 bits per heavy atom. The molecular formula is C21H25ClFN5O4. The monoisotopic (exact) mass is 465 g/mol. The summed E-state index contributed by atoms with van der Waals surface area (Å²) in [6, 6.07) is 5.94. The molecule has 0 radical (unpaired) electrons. The Bertz CT molecular complexity index is 1220. The van der Waals surface area contributed by atoms with E-state index in [1.54, 1.807) is 6.07 Å². The van der Waals surface area contributed by atoms with Gasteiger partial charge < -0.3 is 15.0 Å². The first kappa shape index (κ1) is 23.5. The molecule has 32 heavy (non-hydrogen) atoms. The normalized spacial score (nSPS) is 11.2. The van der Waals surface area contributed by atoms with Gasteiger partial charge in [0.15, 0.2) is 11.2 Å². The summed E-state index contributed by atoms with van der Waals surface area (Å²) in [4.78, 5) is 45.3. The highest BCUT2D eigenvalue weighted by atomic mass is 35.5. The number of rotatable bonds is 10. The van der Waals surface area contributed by atoms with Crippen molar-refractivity contribution in [3.63, 3.8) is 0 Å². The van der Waals surface area contributed by atoms with Crippen molar-refractivity contribution in [1.29, 1.82) is 0 Å². The molecule has 0 bridgehead atoms. The summed E-state index contributed by atoms with van der Waals surface area (Å²) in [5, 5.41) is 9.50. The Kier molecular flexibility index (Phi) is 7.68. The Labute approximate surface area is 188 Å². The highest BCUT2D eigenvalue weighted by Gasteiger charge is 2.18. The molecule has 1 aromatic carbocycles. The number of nitrogens with one attached hydrogen (secondary N) is 1. The predicted octanol–water partition coefficient (Wildman–Crippen LogP) is 3.44. The molecule has 0 aliphatic heterocycles. The number of aromatic amines is 1. The van der Waals surface area contributed by atoms with Crippen LogP contribution < -0.4 is 11.2 Å². The summed E-state index contributed by atoms with van der Waals surface area (Å²) in [5.74, 6) is -0.494. The smallest absolute Gasteiger partial charge is 0.407 e. The summed E-state index contributed by atoms with van der Waals surface area (Å²) in [6.45, 7) is 2.32. The van der Waals surface area contributed by atoms with Gasteiger partial charge in [-0.2, -0.15) is 4.98 Å². The number of imidazole rings is 1. The number of carbonyl (C=O) groups is 1. The van der Waals surface area contributed by atoms with Gasteiger partial charge in [0.25, 0.3) is 5.56 Å². The van der Waals surface area contributed by atoms with Crippen LogP contribution in [0.15, 0.2) is 33.9 Å². The lowest BCUT2D eigenvalue weighted by Crippen LogP contribution is -2.41. The van der Waals surface area contributed by atoms with Crippen LogP contribution in [0.2, 0.25) is 5.28 Å². The molecule has 11 heteroatoms. The molecule has 3 aromatic rings. The number of nitrogens with zero attached hydrogens (tertiary/aromatic N) is 4. The summed E-state index contributed by atoms with van der Waals surface area (Å²) >= 11 is 5.93. The molecule has 2 aromatic heterocycles. The maximum Gasteiger partial charge on any atom is 0.407 e. The molecule has 1 amide bonds. The number of aromatic nitrogens is 4. The van der Waals surface area contributed by atoms with E-state index in [2.05, 4.69) is 9.97 Å². The maximum atomic E-state index is 13.9. The van der Waals surface area contributed by atoms with E-state index >= 15 is 0 Å². The van der Waals surface area contributed by atoms with Crippen molar-refractivity contribution in [3.8, 4) is 0 Å². The quantitative estimate of drug-likeness (QED) is 0.351. The third-order valence-electron chi connectivity index (χ3n) is 5.22. The highest BCUT2D eigenvalue weighted by Crippen LogP contribution is 2.12. The van der Waals surface area contributed by atoms with Gasteiger partial charge in [0.2, 0.25) is 5.28 Å². The molecule has 0 saturated carbocycles. The van der Waals surface area contributed by atoms with Gasteiger partial charge in [-0.25, -0.2) is 14.0 Å². The Morgan fingerprint density at radius 3 is 2.59 bits per heavy atom. The zero-order valence-corrected chi connectivity index (χ0v) is 18.4. The third-order valence-corrected chi connectivity index (χ3v) is 5.40. The lowest BCUT2D eigenvalue weighted by molar-refractivity contribution is 0.140. The minimum absolute atomic E-state index is 0.000917. The minimum atomic E-state index is -1.21. The second-order valence-corrected chi connectivity index (χ2v) is 7.83. The van der Waals surface area contributed by atoms with Gasteiger partial charge in [0.1, 0.15) is 5.82 Å². The summed E-state index contributed by atoms with van der Waals surface area (Å²) in [6.07, 6.45) is 1.59. The number of benzene rings is 1. The lowest BCUT2D eigenvalue weighted by Gasteiger charge is -2.20. The van der Waals surface area contributed by atoms with Crippen molar-refractivity contribution in [1.82, 2.24) is 24.0 Å². The molecule has 2 heterocycles. The van der Waals surface area contributed by atoms with E-state index in [9.17, 15) is 23.9 Å². The van der Waals surface area contributed by atoms with Gasteiger partial charge in [-0.3, -0.25) is 13.9 Å². The molecule has 0 saturated heterocycles. The van der Waals surface area contributed by atoms with Crippen LogP contribution in [0.3, 0.4) is 0 Å². The van der Waals surface area contributed by atoms with Crippen LogP contribution in [-0.2, 0) is 19.6 Å². The zero-order chi connectivity index (χ0) is 23.3. The summed E-state index contributed by atoms with van der Waals surface area (Å²) in [7, 11) is 0. The molecule has 0 fully saturated rings. The van der Waals surface area contributed by atoms with Crippen LogP contribution in [0.25, 0.3) is 11.2 Å². The number of aryl methyl sites for hydroxylation is 1. The number of unbranched alkanes of at least 4 members (excludes halogenated alkanes) is 2. The van der Waals surface area contributed by atoms with Crippen molar-refractivity contribution >= 4 is 28.9 Å². The topological polar surface area (TPSA) is 113 Å². The molecule has 0 unspecified atom stereocenters. The average Bonchev–Trinajstić information content (AvgIpc) is 3.15. The molecule has 2 N–H and O–H groups in total. The molecule has 0 aliphatic carbocycles. The third kappa shape index (κ3) is 5.18. The second kappa shape index (κ2) is 10.4. The van der Waals surface area contributed by atoms with Crippen LogP contribution in [0.1, 0.15) is 38.2 Å². The molecule has 9 nitrogen and oxygen atoms in total. The van der Waals surface area contributed by atoms with E-state index in [0.717, 1.165) is 28.7 Å². The number of hydrogen-bond acceptors (Lipinski definition) is 4. The first-order chi connectivity index (χ1) is 15.3. The predicted molar refractivity (Wildman–Crippen MR) is 119 cm³/mol. The van der Waals surface area contributed by atoms with Crippen LogP contribution in [-0.4, -0.2) is 41.7 Å². The van der Waals surface area contributed by atoms with E-state index in [1.165, 1.54) is 22.8 Å². The average molecular weight is 466 g/mol. The van der Waals surface area contributed by atoms with Crippen LogP contribution in [0.4, 0.5) is 9.18 Å². The van der Waals surface area contributed by atoms with E-state index in [4.69, 9.17) is 11.6 Å². The fraction of sp³-hybridized carbons (Fsp3) is 0.429. The van der Waals surface area contributed by atoms with Gasteiger partial charge in [0.05, 0.1) is 6.54 Å². The maximum absolute atomic E-state index is 13.9. The molecule has 172 valence electrons.